The molecule has 0 aliphatic rings. The fourth-order valence-electron chi connectivity index (χ4n) is 3.66. The van der Waals surface area contributed by atoms with Gasteiger partial charge in [0.1, 0.15) is 0 Å². The van der Waals surface area contributed by atoms with Crippen LogP contribution in [-0.2, 0) is 21.3 Å². The molecule has 0 radical (unpaired) electrons. The molecule has 0 aliphatic carbocycles. The Morgan fingerprint density at radius 2 is 1.63 bits per heavy atom. The van der Waals surface area contributed by atoms with Crippen LogP contribution in [0, 0.1) is 13.8 Å². The van der Waals surface area contributed by atoms with Gasteiger partial charge in [-0.05, 0) is 67.8 Å². The van der Waals surface area contributed by atoms with Gasteiger partial charge in [-0.2, -0.15) is 0 Å². The van der Waals surface area contributed by atoms with E-state index in [1.54, 1.807) is 37.3 Å². The van der Waals surface area contributed by atoms with Crippen LogP contribution in [0.3, 0.4) is 0 Å². The molecule has 3 aromatic rings. The summed E-state index contributed by atoms with van der Waals surface area (Å²) in [4.78, 5) is 24.8. The molecule has 0 saturated heterocycles. The minimum absolute atomic E-state index is 0.131. The van der Waals surface area contributed by atoms with E-state index in [1.807, 2.05) is 32.0 Å². The van der Waals surface area contributed by atoms with Crippen molar-refractivity contribution in [2.45, 2.75) is 27.3 Å². The second-order valence-corrected chi connectivity index (χ2v) is 10.4. The topological polar surface area (TPSA) is 92.8 Å². The van der Waals surface area contributed by atoms with Crippen molar-refractivity contribution in [3.8, 4) is 0 Å². The largest absolute Gasteiger partial charge is 0.462 e. The summed E-state index contributed by atoms with van der Waals surface area (Å²) in [6.07, 6.45) is 1.18. The molecular formula is C26H27ClN2O5S. The van der Waals surface area contributed by atoms with Gasteiger partial charge in [0, 0.05) is 11.3 Å². The molecule has 35 heavy (non-hydrogen) atoms. The fraction of sp³-hybridized carbons (Fsp3) is 0.231. The van der Waals surface area contributed by atoms with Crippen LogP contribution in [0.1, 0.15) is 44.3 Å². The van der Waals surface area contributed by atoms with E-state index in [0.717, 1.165) is 16.7 Å². The van der Waals surface area contributed by atoms with Crippen LogP contribution >= 0.6 is 11.6 Å². The van der Waals surface area contributed by atoms with Crippen molar-refractivity contribution in [1.29, 1.82) is 0 Å². The second-order valence-electron chi connectivity index (χ2n) is 8.08. The van der Waals surface area contributed by atoms with Gasteiger partial charge in [-0.25, -0.2) is 13.2 Å². The highest BCUT2D eigenvalue weighted by Gasteiger charge is 2.21. The molecule has 9 heteroatoms. The maximum absolute atomic E-state index is 12.7. The third kappa shape index (κ3) is 6.41. The molecule has 0 spiro atoms. The lowest BCUT2D eigenvalue weighted by Crippen LogP contribution is -2.30. The van der Waals surface area contributed by atoms with Gasteiger partial charge >= 0.3 is 5.97 Å². The van der Waals surface area contributed by atoms with Crippen LogP contribution in [0.15, 0.2) is 60.7 Å². The Kier molecular flexibility index (Phi) is 8.19. The maximum Gasteiger partial charge on any atom is 0.339 e. The van der Waals surface area contributed by atoms with E-state index >= 15 is 0 Å². The van der Waals surface area contributed by atoms with E-state index in [2.05, 4.69) is 5.32 Å². The number of amides is 1. The van der Waals surface area contributed by atoms with Crippen LogP contribution in [0.2, 0.25) is 5.02 Å². The van der Waals surface area contributed by atoms with E-state index < -0.39 is 16.0 Å². The quantitative estimate of drug-likeness (QED) is 0.409. The van der Waals surface area contributed by atoms with E-state index in [1.165, 1.54) is 22.7 Å². The number of esters is 1. The SMILES string of the molecule is CCOC(=O)c1cc(NC(=O)c2ccc(CN(c3c(C)cccc3C)S(C)(=O)=O)cc2)ccc1Cl. The van der Waals surface area contributed by atoms with Crippen LogP contribution in [-0.4, -0.2) is 33.2 Å². The Hall–Kier alpha value is -3.36. The number of nitrogens with one attached hydrogen (secondary N) is 1. The van der Waals surface area contributed by atoms with Crippen molar-refractivity contribution in [2.24, 2.45) is 0 Å². The molecule has 7 nitrogen and oxygen atoms in total. The van der Waals surface area contributed by atoms with Gasteiger partial charge in [0.25, 0.3) is 5.91 Å². The summed E-state index contributed by atoms with van der Waals surface area (Å²) < 4.78 is 31.5. The van der Waals surface area contributed by atoms with Crippen molar-refractivity contribution >= 4 is 44.9 Å². The van der Waals surface area contributed by atoms with E-state index in [4.69, 9.17) is 16.3 Å². The van der Waals surface area contributed by atoms with Crippen LogP contribution in [0.4, 0.5) is 11.4 Å². The molecule has 0 fully saturated rings. The predicted octanol–water partition coefficient (Wildman–Crippen LogP) is 5.35. The second kappa shape index (κ2) is 10.9. The molecule has 1 N–H and O–H groups in total. The summed E-state index contributed by atoms with van der Waals surface area (Å²) in [5, 5.41) is 2.96. The number of nitrogens with zero attached hydrogens (tertiary/aromatic N) is 1. The Bertz CT molecular complexity index is 1330. The third-order valence-corrected chi connectivity index (χ3v) is 6.79. The molecule has 0 heterocycles. The van der Waals surface area contributed by atoms with Crippen molar-refractivity contribution in [2.75, 3.05) is 22.5 Å². The summed E-state index contributed by atoms with van der Waals surface area (Å²) in [5.41, 5.74) is 4.02. The van der Waals surface area contributed by atoms with Gasteiger partial charge in [0.05, 0.1) is 35.7 Å². The number of benzene rings is 3. The number of halogens is 1. The molecule has 0 aliphatic heterocycles. The molecule has 3 rings (SSSR count). The molecule has 0 bridgehead atoms. The first-order valence-corrected chi connectivity index (χ1v) is 13.1. The van der Waals surface area contributed by atoms with Crippen LogP contribution in [0.5, 0.6) is 0 Å². The minimum Gasteiger partial charge on any atom is -0.462 e. The Morgan fingerprint density at radius 1 is 1.00 bits per heavy atom. The standard InChI is InChI=1S/C26H27ClN2O5S/c1-5-34-26(31)22-15-21(13-14-23(22)27)28-25(30)20-11-9-19(10-12-20)16-29(35(4,32)33)24-17(2)7-6-8-18(24)3/h6-15H,5,16H2,1-4H3,(H,28,30). The number of hydrogen-bond acceptors (Lipinski definition) is 5. The summed E-state index contributed by atoms with van der Waals surface area (Å²) in [5.74, 6) is -0.958. The smallest absolute Gasteiger partial charge is 0.339 e. The highest BCUT2D eigenvalue weighted by molar-refractivity contribution is 7.92. The van der Waals surface area contributed by atoms with E-state index in [-0.39, 0.29) is 29.6 Å². The zero-order valence-corrected chi connectivity index (χ0v) is 21.5. The van der Waals surface area contributed by atoms with E-state index in [9.17, 15) is 18.0 Å². The predicted molar refractivity (Wildman–Crippen MR) is 139 cm³/mol. The first kappa shape index (κ1) is 26.2. The molecular weight excluding hydrogens is 488 g/mol. The normalized spacial score (nSPS) is 11.1. The molecule has 1 amide bonds. The van der Waals surface area contributed by atoms with Gasteiger partial charge in [-0.3, -0.25) is 9.10 Å². The molecule has 0 unspecified atom stereocenters. The van der Waals surface area contributed by atoms with Crippen molar-refractivity contribution in [3.05, 3.63) is 93.5 Å². The lowest BCUT2D eigenvalue weighted by Gasteiger charge is -2.26. The highest BCUT2D eigenvalue weighted by atomic mass is 35.5. The number of para-hydroxylation sites is 1. The van der Waals surface area contributed by atoms with Gasteiger partial charge in [-0.1, -0.05) is 41.9 Å². The fourth-order valence-corrected chi connectivity index (χ4v) is 4.86. The number of aryl methyl sites for hydroxylation is 2. The molecule has 0 aromatic heterocycles. The number of rotatable bonds is 8. The molecule has 3 aromatic carbocycles. The monoisotopic (exact) mass is 514 g/mol. The highest BCUT2D eigenvalue weighted by Crippen LogP contribution is 2.28. The average molecular weight is 515 g/mol. The van der Waals surface area contributed by atoms with Gasteiger partial charge in [0.2, 0.25) is 10.0 Å². The number of sulfonamides is 1. The van der Waals surface area contributed by atoms with Gasteiger partial charge < -0.3 is 10.1 Å². The number of carbonyl (C=O) groups excluding carboxylic acids is 2. The van der Waals surface area contributed by atoms with Crippen LogP contribution in [0.25, 0.3) is 0 Å². The first-order chi connectivity index (χ1) is 16.5. The number of anilines is 2. The molecule has 184 valence electrons. The zero-order valence-electron chi connectivity index (χ0n) is 20.0. The summed E-state index contributed by atoms with van der Waals surface area (Å²) >= 11 is 6.07. The number of ether oxygens (including phenoxy) is 1. The lowest BCUT2D eigenvalue weighted by atomic mass is 10.1. The third-order valence-electron chi connectivity index (χ3n) is 5.35. The minimum atomic E-state index is -3.54. The lowest BCUT2D eigenvalue weighted by molar-refractivity contribution is 0.0526. The Labute approximate surface area is 210 Å². The maximum atomic E-state index is 12.7. The van der Waals surface area contributed by atoms with Crippen molar-refractivity contribution in [3.63, 3.8) is 0 Å². The molecule has 0 atom stereocenters. The van der Waals surface area contributed by atoms with Gasteiger partial charge in [0.15, 0.2) is 0 Å². The summed E-state index contributed by atoms with van der Waals surface area (Å²) in [6, 6.07) is 16.9. The summed E-state index contributed by atoms with van der Waals surface area (Å²) in [6.45, 7) is 5.78. The number of carbonyl (C=O) groups is 2. The van der Waals surface area contributed by atoms with Crippen molar-refractivity contribution < 1.29 is 22.7 Å². The molecule has 0 saturated carbocycles. The Morgan fingerprint density at radius 3 is 2.20 bits per heavy atom. The van der Waals surface area contributed by atoms with Crippen LogP contribution < -0.4 is 9.62 Å². The summed E-state index contributed by atoms with van der Waals surface area (Å²) in [7, 11) is -3.54. The van der Waals surface area contributed by atoms with E-state index in [0.29, 0.717) is 16.9 Å². The number of hydrogen-bond donors (Lipinski definition) is 1. The van der Waals surface area contributed by atoms with Crippen molar-refractivity contribution in [1.82, 2.24) is 0 Å². The van der Waals surface area contributed by atoms with Gasteiger partial charge in [-0.15, -0.1) is 0 Å². The Balaban J connectivity index is 1.79. The zero-order chi connectivity index (χ0) is 25.8. The first-order valence-electron chi connectivity index (χ1n) is 10.9. The average Bonchev–Trinajstić information content (AvgIpc) is 2.79.